The molecule has 0 radical (unpaired) electrons. The van der Waals surface area contributed by atoms with E-state index in [0.29, 0.717) is 36.6 Å². The molecule has 2 fully saturated rings. The highest BCUT2D eigenvalue weighted by Gasteiger charge is 2.48. The smallest absolute Gasteiger partial charge is 0.321 e. The number of nitrogens with zero attached hydrogens (tertiary/aromatic N) is 3. The van der Waals surface area contributed by atoms with E-state index >= 15 is 0 Å². The number of likely N-dealkylation sites (N-methyl/N-ethyl adjacent to an activating group) is 1. The van der Waals surface area contributed by atoms with Crippen molar-refractivity contribution < 1.29 is 14.0 Å². The number of amides is 3. The maximum atomic E-state index is 13.3. The molecule has 28 heavy (non-hydrogen) atoms. The van der Waals surface area contributed by atoms with E-state index in [4.69, 9.17) is 11.6 Å². The van der Waals surface area contributed by atoms with Crippen molar-refractivity contribution in [2.24, 2.45) is 0 Å². The lowest BCUT2D eigenvalue weighted by Crippen LogP contribution is -2.60. The van der Waals surface area contributed by atoms with Crippen molar-refractivity contribution >= 4 is 23.5 Å². The first-order valence-corrected chi connectivity index (χ1v) is 9.62. The summed E-state index contributed by atoms with van der Waals surface area (Å²) in [4.78, 5) is 31.1. The van der Waals surface area contributed by atoms with Crippen molar-refractivity contribution in [1.82, 2.24) is 14.7 Å². The number of urea groups is 1. The highest BCUT2D eigenvalue weighted by atomic mass is 35.5. The van der Waals surface area contributed by atoms with Gasteiger partial charge >= 0.3 is 6.03 Å². The second-order valence-corrected chi connectivity index (χ2v) is 7.79. The van der Waals surface area contributed by atoms with Crippen LogP contribution in [0.25, 0.3) is 0 Å². The van der Waals surface area contributed by atoms with Crippen LogP contribution in [-0.4, -0.2) is 58.9 Å². The van der Waals surface area contributed by atoms with Crippen LogP contribution >= 0.6 is 11.6 Å². The van der Waals surface area contributed by atoms with Crippen LogP contribution in [0.5, 0.6) is 0 Å². The lowest BCUT2D eigenvalue weighted by molar-refractivity contribution is -0.139. The highest BCUT2D eigenvalue weighted by molar-refractivity contribution is 6.31. The molecule has 2 aliphatic heterocycles. The van der Waals surface area contributed by atoms with E-state index in [9.17, 15) is 14.0 Å². The molecular formula is C21H21ClFN3O2. The van der Waals surface area contributed by atoms with Gasteiger partial charge in [-0.05, 0) is 23.3 Å². The van der Waals surface area contributed by atoms with Gasteiger partial charge in [0.2, 0.25) is 5.91 Å². The molecule has 0 aromatic heterocycles. The molecule has 2 aromatic carbocycles. The molecule has 3 amide bonds. The summed E-state index contributed by atoms with van der Waals surface area (Å²) in [6, 6.07) is 13.1. The SMILES string of the molecule is CN1C[C@@H]2CN(Cc3ccc(F)cc3Cl)C(=O)N2[C@@H](Cc2ccccc2)C1=O. The molecule has 2 aromatic rings. The van der Waals surface area contributed by atoms with Crippen LogP contribution in [0, 0.1) is 5.82 Å². The molecule has 4 rings (SSSR count). The Kier molecular flexibility index (Phi) is 4.98. The summed E-state index contributed by atoms with van der Waals surface area (Å²) in [6.45, 7) is 1.31. The third-order valence-corrected chi connectivity index (χ3v) is 5.80. The minimum Gasteiger partial charge on any atom is -0.342 e. The van der Waals surface area contributed by atoms with Crippen LogP contribution in [0.1, 0.15) is 11.1 Å². The first kappa shape index (κ1) is 18.7. The second-order valence-electron chi connectivity index (χ2n) is 7.38. The van der Waals surface area contributed by atoms with Crippen molar-refractivity contribution in [3.63, 3.8) is 0 Å². The molecule has 2 aliphatic rings. The fourth-order valence-corrected chi connectivity index (χ4v) is 4.29. The topological polar surface area (TPSA) is 43.9 Å². The number of rotatable bonds is 4. The fraction of sp³-hybridized carbons (Fsp3) is 0.333. The minimum absolute atomic E-state index is 0.0462. The first-order chi connectivity index (χ1) is 13.4. The van der Waals surface area contributed by atoms with E-state index in [1.807, 2.05) is 30.3 Å². The maximum Gasteiger partial charge on any atom is 0.321 e. The second kappa shape index (κ2) is 7.43. The maximum absolute atomic E-state index is 13.3. The van der Waals surface area contributed by atoms with E-state index in [1.54, 1.807) is 27.8 Å². The van der Waals surface area contributed by atoms with Crippen molar-refractivity contribution in [3.8, 4) is 0 Å². The van der Waals surface area contributed by atoms with Crippen LogP contribution in [0.2, 0.25) is 5.02 Å². The third-order valence-electron chi connectivity index (χ3n) is 5.45. The van der Waals surface area contributed by atoms with E-state index in [-0.39, 0.29) is 18.0 Å². The Labute approximate surface area is 168 Å². The van der Waals surface area contributed by atoms with E-state index in [0.717, 1.165) is 5.56 Å². The van der Waals surface area contributed by atoms with Gasteiger partial charge in [0.15, 0.2) is 0 Å². The molecule has 2 atom stereocenters. The zero-order chi connectivity index (χ0) is 19.8. The summed E-state index contributed by atoms with van der Waals surface area (Å²) in [5, 5.41) is 0.298. The Balaban J connectivity index is 1.57. The van der Waals surface area contributed by atoms with E-state index in [1.165, 1.54) is 12.1 Å². The molecular weight excluding hydrogens is 381 g/mol. The van der Waals surface area contributed by atoms with Crippen molar-refractivity contribution in [3.05, 3.63) is 70.5 Å². The van der Waals surface area contributed by atoms with Gasteiger partial charge < -0.3 is 14.7 Å². The molecule has 0 bridgehead atoms. The normalized spacial score (nSPS) is 22.0. The van der Waals surface area contributed by atoms with Gasteiger partial charge in [0.1, 0.15) is 11.9 Å². The number of fused-ring (bicyclic) bond motifs is 1. The van der Waals surface area contributed by atoms with Gasteiger partial charge in [-0.1, -0.05) is 48.0 Å². The molecule has 0 unspecified atom stereocenters. The Morgan fingerprint density at radius 2 is 1.86 bits per heavy atom. The van der Waals surface area contributed by atoms with Gasteiger partial charge in [0.25, 0.3) is 0 Å². The highest BCUT2D eigenvalue weighted by Crippen LogP contribution is 2.29. The van der Waals surface area contributed by atoms with Crippen molar-refractivity contribution in [1.29, 1.82) is 0 Å². The van der Waals surface area contributed by atoms with Crippen LogP contribution in [0.15, 0.2) is 48.5 Å². The van der Waals surface area contributed by atoms with Gasteiger partial charge in [0.05, 0.1) is 6.04 Å². The standard InChI is InChI=1S/C21H21ClFN3O2/c1-24-12-17-13-25(11-15-7-8-16(23)10-18(15)22)21(28)26(17)19(20(24)27)9-14-5-3-2-4-6-14/h2-8,10,17,19H,9,11-13H2,1H3/t17-,19+/m1/s1. The Morgan fingerprint density at radius 1 is 1.11 bits per heavy atom. The van der Waals surface area contributed by atoms with E-state index in [2.05, 4.69) is 0 Å². The Morgan fingerprint density at radius 3 is 2.57 bits per heavy atom. The van der Waals surface area contributed by atoms with Crippen LogP contribution < -0.4 is 0 Å². The van der Waals surface area contributed by atoms with Gasteiger partial charge in [-0.3, -0.25) is 4.79 Å². The lowest BCUT2D eigenvalue weighted by Gasteiger charge is -2.40. The van der Waals surface area contributed by atoms with Crippen molar-refractivity contribution in [2.75, 3.05) is 20.1 Å². The molecule has 2 heterocycles. The van der Waals surface area contributed by atoms with Gasteiger partial charge in [-0.2, -0.15) is 0 Å². The Hall–Kier alpha value is -2.60. The summed E-state index contributed by atoms with van der Waals surface area (Å²) in [7, 11) is 1.78. The number of benzene rings is 2. The number of halogens is 2. The average Bonchev–Trinajstić information content (AvgIpc) is 2.97. The zero-order valence-corrected chi connectivity index (χ0v) is 16.3. The molecule has 0 saturated carbocycles. The zero-order valence-electron chi connectivity index (χ0n) is 15.5. The number of hydrogen-bond donors (Lipinski definition) is 0. The first-order valence-electron chi connectivity index (χ1n) is 9.24. The van der Waals surface area contributed by atoms with Crippen molar-refractivity contribution in [2.45, 2.75) is 25.0 Å². The van der Waals surface area contributed by atoms with Crippen LogP contribution in [-0.2, 0) is 17.8 Å². The predicted octanol–water partition coefficient (Wildman–Crippen LogP) is 3.17. The van der Waals surface area contributed by atoms with Gasteiger partial charge in [-0.25, -0.2) is 9.18 Å². The quantitative estimate of drug-likeness (QED) is 0.789. The summed E-state index contributed by atoms with van der Waals surface area (Å²) in [6.07, 6.45) is 0.484. The molecule has 5 nitrogen and oxygen atoms in total. The summed E-state index contributed by atoms with van der Waals surface area (Å²) < 4.78 is 13.3. The number of carbonyl (C=O) groups excluding carboxylic acids is 2. The summed E-state index contributed by atoms with van der Waals surface area (Å²) >= 11 is 6.14. The van der Waals surface area contributed by atoms with Gasteiger partial charge in [-0.15, -0.1) is 0 Å². The molecule has 7 heteroatoms. The average molecular weight is 402 g/mol. The van der Waals surface area contributed by atoms with E-state index < -0.39 is 11.9 Å². The molecule has 146 valence electrons. The molecule has 0 spiro atoms. The van der Waals surface area contributed by atoms with Gasteiger partial charge in [0, 0.05) is 38.1 Å². The molecule has 0 aliphatic carbocycles. The summed E-state index contributed by atoms with van der Waals surface area (Å²) in [5.41, 5.74) is 1.71. The monoisotopic (exact) mass is 401 g/mol. The minimum atomic E-state index is -0.521. The summed E-state index contributed by atoms with van der Waals surface area (Å²) in [5.74, 6) is -0.454. The largest absolute Gasteiger partial charge is 0.342 e. The van der Waals surface area contributed by atoms with Crippen LogP contribution in [0.4, 0.5) is 9.18 Å². The molecule has 0 N–H and O–H groups in total. The number of hydrogen-bond acceptors (Lipinski definition) is 2. The number of carbonyl (C=O) groups is 2. The third kappa shape index (κ3) is 3.44. The predicted molar refractivity (Wildman–Crippen MR) is 104 cm³/mol. The van der Waals surface area contributed by atoms with Crippen LogP contribution in [0.3, 0.4) is 0 Å². The molecule has 2 saturated heterocycles. The number of piperazine rings is 1. The lowest BCUT2D eigenvalue weighted by atomic mass is 9.99. The fourth-order valence-electron chi connectivity index (χ4n) is 4.06. The Bertz CT molecular complexity index is 908.